The first-order chi connectivity index (χ1) is 4.05. The predicted molar refractivity (Wildman–Crippen MR) is 35.9 cm³/mol. The molecule has 0 aliphatic carbocycles. The zero-order valence-electron chi connectivity index (χ0n) is 6.18. The smallest absolute Gasteiger partial charge is 0.111 e. The van der Waals surface area contributed by atoms with E-state index in [-0.39, 0.29) is 11.6 Å². The molecule has 1 heterocycles. The van der Waals surface area contributed by atoms with Crippen LogP contribution in [0.5, 0.6) is 0 Å². The average molecular weight is 124 g/mol. The monoisotopic (exact) mass is 124 g/mol. The van der Waals surface area contributed by atoms with Crippen LogP contribution < -0.4 is 0 Å². The lowest BCUT2D eigenvalue weighted by molar-refractivity contribution is 0.298. The van der Waals surface area contributed by atoms with Crippen molar-refractivity contribution in [1.29, 1.82) is 5.26 Å². The molecule has 2 atom stereocenters. The highest BCUT2D eigenvalue weighted by molar-refractivity contribution is 5.09. The van der Waals surface area contributed by atoms with Crippen molar-refractivity contribution in [1.82, 2.24) is 4.90 Å². The number of hydrogen-bond donors (Lipinski definition) is 0. The number of rotatable bonds is 0. The molecule has 0 bridgehead atoms. The molecule has 1 rings (SSSR count). The van der Waals surface area contributed by atoms with E-state index in [0.717, 1.165) is 6.54 Å². The van der Waals surface area contributed by atoms with Crippen molar-refractivity contribution < 1.29 is 0 Å². The number of nitrogens with zero attached hydrogens (tertiary/aromatic N) is 2. The molecule has 1 aliphatic heterocycles. The lowest BCUT2D eigenvalue weighted by Gasteiger charge is -2.19. The van der Waals surface area contributed by atoms with Gasteiger partial charge in [0.1, 0.15) is 6.04 Å². The summed E-state index contributed by atoms with van der Waals surface area (Å²) in [6.07, 6.45) is 0. The topological polar surface area (TPSA) is 26.8 Å². The summed E-state index contributed by atoms with van der Waals surface area (Å²) in [6, 6.07) is 2.42. The Morgan fingerprint density at radius 1 is 1.56 bits per heavy atom. The highest BCUT2D eigenvalue weighted by Gasteiger charge is 2.41. The molecule has 1 aliphatic rings. The molecule has 0 aromatic heterocycles. The maximum atomic E-state index is 8.45. The fourth-order valence-corrected chi connectivity index (χ4v) is 0.991. The molecule has 0 spiro atoms. The zero-order chi connectivity index (χ0) is 7.07. The van der Waals surface area contributed by atoms with E-state index in [1.807, 2.05) is 0 Å². The summed E-state index contributed by atoms with van der Waals surface area (Å²) < 4.78 is 0. The molecule has 0 N–H and O–H groups in total. The molecule has 0 amide bonds. The third kappa shape index (κ3) is 1.22. The van der Waals surface area contributed by atoms with Crippen LogP contribution in [0.2, 0.25) is 0 Å². The van der Waals surface area contributed by atoms with Gasteiger partial charge in [0.2, 0.25) is 0 Å². The van der Waals surface area contributed by atoms with Crippen LogP contribution in [-0.4, -0.2) is 23.0 Å². The second-order valence-electron chi connectivity index (χ2n) is 3.47. The Balaban J connectivity index is 2.45. The molecule has 0 aromatic rings. The van der Waals surface area contributed by atoms with Crippen molar-refractivity contribution in [3.8, 4) is 6.07 Å². The van der Waals surface area contributed by atoms with Gasteiger partial charge in [0.15, 0.2) is 0 Å². The van der Waals surface area contributed by atoms with Crippen LogP contribution in [0.1, 0.15) is 20.8 Å². The second-order valence-corrected chi connectivity index (χ2v) is 3.47. The second kappa shape index (κ2) is 1.71. The number of hydrogen-bond acceptors (Lipinski definition) is 2. The van der Waals surface area contributed by atoms with Gasteiger partial charge < -0.3 is 0 Å². The summed E-state index contributed by atoms with van der Waals surface area (Å²) in [5, 5.41) is 8.45. The Hall–Kier alpha value is -0.550. The van der Waals surface area contributed by atoms with Crippen LogP contribution >= 0.6 is 0 Å². The van der Waals surface area contributed by atoms with Gasteiger partial charge in [-0.2, -0.15) is 5.26 Å². The molecule has 2 unspecified atom stereocenters. The lowest BCUT2D eigenvalue weighted by Crippen LogP contribution is -2.27. The van der Waals surface area contributed by atoms with Crippen molar-refractivity contribution >= 4 is 0 Å². The third-order valence-electron chi connectivity index (χ3n) is 1.62. The van der Waals surface area contributed by atoms with E-state index in [4.69, 9.17) is 5.26 Å². The largest absolute Gasteiger partial charge is 0.279 e. The minimum absolute atomic E-state index is 0.195. The summed E-state index contributed by atoms with van der Waals surface area (Å²) in [5.41, 5.74) is 0.195. The van der Waals surface area contributed by atoms with Crippen molar-refractivity contribution in [3.05, 3.63) is 0 Å². The van der Waals surface area contributed by atoms with E-state index in [1.165, 1.54) is 0 Å². The van der Waals surface area contributed by atoms with Crippen LogP contribution in [0.4, 0.5) is 0 Å². The lowest BCUT2D eigenvalue weighted by atomic mass is 10.1. The molecular formula is C7H12N2. The molecule has 50 valence electrons. The first-order valence-electron chi connectivity index (χ1n) is 3.22. The standard InChI is InChI=1S/C7H12N2/c1-7(2,3)9-5-6(9)4-8/h6H,5H2,1-3H3. The van der Waals surface area contributed by atoms with Gasteiger partial charge in [-0.15, -0.1) is 0 Å². The summed E-state index contributed by atoms with van der Waals surface area (Å²) in [4.78, 5) is 2.17. The Kier molecular flexibility index (Phi) is 1.25. The Bertz CT molecular complexity index is 149. The zero-order valence-corrected chi connectivity index (χ0v) is 6.18. The minimum atomic E-state index is 0.195. The average Bonchev–Trinajstić information content (AvgIpc) is 2.39. The van der Waals surface area contributed by atoms with Gasteiger partial charge in [-0.3, -0.25) is 4.90 Å². The molecule has 0 saturated carbocycles. The van der Waals surface area contributed by atoms with Crippen molar-refractivity contribution in [3.63, 3.8) is 0 Å². The summed E-state index contributed by atoms with van der Waals surface area (Å²) in [7, 11) is 0. The molecule has 0 radical (unpaired) electrons. The Morgan fingerprint density at radius 2 is 2.11 bits per heavy atom. The highest BCUT2D eigenvalue weighted by atomic mass is 15.3. The normalized spacial score (nSPS) is 33.6. The maximum absolute atomic E-state index is 8.45. The van der Waals surface area contributed by atoms with Gasteiger partial charge in [0, 0.05) is 12.1 Å². The van der Waals surface area contributed by atoms with Crippen LogP contribution in [0, 0.1) is 11.3 Å². The Morgan fingerprint density at radius 3 is 2.22 bits per heavy atom. The molecule has 1 saturated heterocycles. The van der Waals surface area contributed by atoms with Crippen molar-refractivity contribution in [2.24, 2.45) is 0 Å². The van der Waals surface area contributed by atoms with E-state index < -0.39 is 0 Å². The van der Waals surface area contributed by atoms with Crippen LogP contribution in [0.3, 0.4) is 0 Å². The third-order valence-corrected chi connectivity index (χ3v) is 1.62. The summed E-state index contributed by atoms with van der Waals surface area (Å²) in [5.74, 6) is 0. The van der Waals surface area contributed by atoms with Crippen molar-refractivity contribution in [2.75, 3.05) is 6.54 Å². The summed E-state index contributed by atoms with van der Waals surface area (Å²) in [6.45, 7) is 7.35. The van der Waals surface area contributed by atoms with E-state index in [9.17, 15) is 0 Å². The fraction of sp³-hybridized carbons (Fsp3) is 0.857. The van der Waals surface area contributed by atoms with Gasteiger partial charge in [0.25, 0.3) is 0 Å². The maximum Gasteiger partial charge on any atom is 0.111 e. The minimum Gasteiger partial charge on any atom is -0.279 e. The molecule has 9 heavy (non-hydrogen) atoms. The fourth-order valence-electron chi connectivity index (χ4n) is 0.991. The van der Waals surface area contributed by atoms with Gasteiger partial charge in [-0.25, -0.2) is 0 Å². The van der Waals surface area contributed by atoms with E-state index in [0.29, 0.717) is 0 Å². The van der Waals surface area contributed by atoms with Crippen LogP contribution in [0.15, 0.2) is 0 Å². The molecule has 2 nitrogen and oxygen atoms in total. The molecule has 0 aromatic carbocycles. The van der Waals surface area contributed by atoms with Crippen LogP contribution in [0.25, 0.3) is 0 Å². The van der Waals surface area contributed by atoms with Gasteiger partial charge in [0.05, 0.1) is 6.07 Å². The highest BCUT2D eigenvalue weighted by Crippen LogP contribution is 2.27. The van der Waals surface area contributed by atoms with Crippen LogP contribution in [-0.2, 0) is 0 Å². The van der Waals surface area contributed by atoms with Gasteiger partial charge in [-0.05, 0) is 20.8 Å². The molecule has 2 heteroatoms. The van der Waals surface area contributed by atoms with E-state index in [2.05, 4.69) is 31.7 Å². The van der Waals surface area contributed by atoms with E-state index >= 15 is 0 Å². The van der Waals surface area contributed by atoms with Crippen molar-refractivity contribution in [2.45, 2.75) is 32.4 Å². The number of nitriles is 1. The predicted octanol–water partition coefficient (Wildman–Crippen LogP) is 0.993. The SMILES string of the molecule is CC(C)(C)N1CC1C#N. The molecular weight excluding hydrogens is 112 g/mol. The first-order valence-corrected chi connectivity index (χ1v) is 3.22. The molecule has 1 fully saturated rings. The quantitative estimate of drug-likeness (QED) is 0.450. The first kappa shape index (κ1) is 6.57. The van der Waals surface area contributed by atoms with E-state index in [1.54, 1.807) is 0 Å². The van der Waals surface area contributed by atoms with Gasteiger partial charge >= 0.3 is 0 Å². The Labute approximate surface area is 56.1 Å². The van der Waals surface area contributed by atoms with Gasteiger partial charge in [-0.1, -0.05) is 0 Å². The summed E-state index contributed by atoms with van der Waals surface area (Å²) >= 11 is 0.